The van der Waals surface area contributed by atoms with Crippen molar-refractivity contribution in [1.29, 1.82) is 0 Å². The van der Waals surface area contributed by atoms with E-state index in [4.69, 9.17) is 15.3 Å². The third kappa shape index (κ3) is 2.58. The number of carboxylic acid groups (broad SMARTS) is 3. The molecule has 7 nitrogen and oxygen atoms in total. The fourth-order valence-corrected chi connectivity index (χ4v) is 1.61. The van der Waals surface area contributed by atoms with Crippen molar-refractivity contribution in [2.75, 3.05) is 13.1 Å². The van der Waals surface area contributed by atoms with E-state index in [0.29, 0.717) is 0 Å². The number of amides is 1. The van der Waals surface area contributed by atoms with Crippen LogP contribution >= 0.6 is 0 Å². The van der Waals surface area contributed by atoms with Crippen LogP contribution in [0.3, 0.4) is 0 Å². The Morgan fingerprint density at radius 3 is 1.60 bits per heavy atom. The van der Waals surface area contributed by atoms with Gasteiger partial charge in [-0.05, 0) is 6.42 Å². The molecule has 0 spiro atoms. The van der Waals surface area contributed by atoms with Crippen LogP contribution < -0.4 is 0 Å². The van der Waals surface area contributed by atoms with E-state index >= 15 is 0 Å². The first-order chi connectivity index (χ1) is 6.91. The number of carbonyl (C=O) groups is 3. The number of nitrogens with zero attached hydrogens (tertiary/aromatic N) is 1. The lowest BCUT2D eigenvalue weighted by atomic mass is 9.89. The van der Waals surface area contributed by atoms with Gasteiger partial charge in [-0.25, -0.2) is 4.79 Å². The van der Waals surface area contributed by atoms with Gasteiger partial charge < -0.3 is 20.2 Å². The fourth-order valence-electron chi connectivity index (χ4n) is 1.61. The molecular weight excluding hydrogens is 206 g/mol. The minimum absolute atomic E-state index is 0.0194. The summed E-state index contributed by atoms with van der Waals surface area (Å²) in [6, 6.07) is 0. The van der Waals surface area contributed by atoms with Crippen LogP contribution in [-0.2, 0) is 9.59 Å². The number of hydrogen-bond donors (Lipinski definition) is 3. The van der Waals surface area contributed by atoms with Crippen LogP contribution in [0.5, 0.6) is 0 Å². The van der Waals surface area contributed by atoms with E-state index in [9.17, 15) is 14.4 Å². The van der Waals surface area contributed by atoms with Crippen LogP contribution in [0.2, 0.25) is 0 Å². The molecule has 1 fully saturated rings. The highest BCUT2D eigenvalue weighted by atomic mass is 16.4. The molecule has 1 amide bonds. The molecule has 0 aromatic heterocycles. The Morgan fingerprint density at radius 1 is 0.933 bits per heavy atom. The van der Waals surface area contributed by atoms with Gasteiger partial charge in [0, 0.05) is 13.1 Å². The number of hydrogen-bond acceptors (Lipinski definition) is 3. The Bertz CT molecular complexity index is 248. The molecular formula is C8H11NO6. The van der Waals surface area contributed by atoms with Crippen molar-refractivity contribution in [3.8, 4) is 0 Å². The van der Waals surface area contributed by atoms with E-state index in [-0.39, 0.29) is 19.5 Å². The number of carboxylic acids is 2. The van der Waals surface area contributed by atoms with E-state index in [1.807, 2.05) is 0 Å². The van der Waals surface area contributed by atoms with Crippen LogP contribution in [0.4, 0.5) is 4.79 Å². The highest BCUT2D eigenvalue weighted by Gasteiger charge is 2.36. The predicted octanol–water partition coefficient (Wildman–Crippen LogP) is -0.228. The van der Waals surface area contributed by atoms with Crippen molar-refractivity contribution in [3.63, 3.8) is 0 Å². The van der Waals surface area contributed by atoms with Crippen molar-refractivity contribution in [2.45, 2.75) is 6.42 Å². The zero-order chi connectivity index (χ0) is 11.6. The molecule has 1 aliphatic rings. The first-order valence-electron chi connectivity index (χ1n) is 4.35. The summed E-state index contributed by atoms with van der Waals surface area (Å²) in [7, 11) is 0. The first kappa shape index (κ1) is 11.3. The molecule has 2 unspecified atom stereocenters. The maximum Gasteiger partial charge on any atom is 0.407 e. The van der Waals surface area contributed by atoms with Crippen molar-refractivity contribution < 1.29 is 29.7 Å². The summed E-state index contributed by atoms with van der Waals surface area (Å²) in [6.07, 6.45) is -1.30. The normalized spacial score (nSPS) is 26.0. The van der Waals surface area contributed by atoms with Crippen LogP contribution in [0.15, 0.2) is 0 Å². The van der Waals surface area contributed by atoms with Gasteiger partial charge >= 0.3 is 18.0 Å². The monoisotopic (exact) mass is 217 g/mol. The van der Waals surface area contributed by atoms with Crippen molar-refractivity contribution in [1.82, 2.24) is 4.90 Å². The second kappa shape index (κ2) is 4.16. The van der Waals surface area contributed by atoms with Crippen LogP contribution in [0, 0.1) is 11.8 Å². The second-order valence-corrected chi connectivity index (χ2v) is 3.49. The lowest BCUT2D eigenvalue weighted by Crippen LogP contribution is -2.47. The molecule has 7 heteroatoms. The zero-order valence-corrected chi connectivity index (χ0v) is 7.79. The standard InChI is InChI=1S/C8H11NO6/c10-6(11)4-1-5(7(12)13)3-9(2-4)8(14)15/h4-5H,1-3H2,(H,10,11)(H,12,13)(H,14,15). The molecule has 0 radical (unpaired) electrons. The Kier molecular flexibility index (Phi) is 3.13. The molecule has 84 valence electrons. The molecule has 0 saturated carbocycles. The lowest BCUT2D eigenvalue weighted by molar-refractivity contribution is -0.149. The number of aliphatic carboxylic acids is 2. The molecule has 0 aliphatic carbocycles. The van der Waals surface area contributed by atoms with Gasteiger partial charge in [-0.3, -0.25) is 9.59 Å². The molecule has 1 rings (SSSR count). The lowest BCUT2D eigenvalue weighted by Gasteiger charge is -2.32. The second-order valence-electron chi connectivity index (χ2n) is 3.49. The van der Waals surface area contributed by atoms with Crippen molar-refractivity contribution in [3.05, 3.63) is 0 Å². The third-order valence-corrected chi connectivity index (χ3v) is 2.42. The Morgan fingerprint density at radius 2 is 1.33 bits per heavy atom. The molecule has 1 heterocycles. The molecule has 1 saturated heterocycles. The summed E-state index contributed by atoms with van der Waals surface area (Å²) in [5.74, 6) is -4.19. The number of piperidine rings is 1. The summed E-state index contributed by atoms with van der Waals surface area (Å²) < 4.78 is 0. The van der Waals surface area contributed by atoms with E-state index in [0.717, 1.165) is 4.90 Å². The van der Waals surface area contributed by atoms with Gasteiger partial charge in [-0.1, -0.05) is 0 Å². The number of likely N-dealkylation sites (tertiary alicyclic amines) is 1. The molecule has 3 N–H and O–H groups in total. The SMILES string of the molecule is O=C(O)C1CC(C(=O)O)CN(C(=O)O)C1. The Balaban J connectivity index is 2.77. The van der Waals surface area contributed by atoms with Gasteiger partial charge in [-0.15, -0.1) is 0 Å². The molecule has 2 atom stereocenters. The Labute approximate surface area is 84.9 Å². The summed E-state index contributed by atoms with van der Waals surface area (Å²) in [6.45, 7) is -0.289. The molecule has 0 aromatic rings. The Hall–Kier alpha value is -1.79. The van der Waals surface area contributed by atoms with Crippen LogP contribution in [0.25, 0.3) is 0 Å². The average molecular weight is 217 g/mol. The summed E-state index contributed by atoms with van der Waals surface area (Å²) in [5, 5.41) is 26.1. The largest absolute Gasteiger partial charge is 0.481 e. The zero-order valence-electron chi connectivity index (χ0n) is 7.79. The van der Waals surface area contributed by atoms with Crippen molar-refractivity contribution in [2.24, 2.45) is 11.8 Å². The van der Waals surface area contributed by atoms with Gasteiger partial charge in [0.15, 0.2) is 0 Å². The quantitative estimate of drug-likeness (QED) is 0.588. The van der Waals surface area contributed by atoms with E-state index in [1.165, 1.54) is 0 Å². The molecule has 0 bridgehead atoms. The highest BCUT2D eigenvalue weighted by molar-refractivity contribution is 5.76. The maximum atomic E-state index is 10.7. The van der Waals surface area contributed by atoms with E-state index < -0.39 is 29.9 Å². The van der Waals surface area contributed by atoms with Gasteiger partial charge in [0.1, 0.15) is 0 Å². The van der Waals surface area contributed by atoms with Gasteiger partial charge in [0.2, 0.25) is 0 Å². The fraction of sp³-hybridized carbons (Fsp3) is 0.625. The van der Waals surface area contributed by atoms with Crippen LogP contribution in [-0.4, -0.2) is 51.3 Å². The highest BCUT2D eigenvalue weighted by Crippen LogP contribution is 2.22. The average Bonchev–Trinajstić information content (AvgIpc) is 2.16. The van der Waals surface area contributed by atoms with Gasteiger partial charge in [0.05, 0.1) is 11.8 Å². The maximum absolute atomic E-state index is 10.7. The van der Waals surface area contributed by atoms with E-state index in [2.05, 4.69) is 0 Å². The summed E-state index contributed by atoms with van der Waals surface area (Å²) >= 11 is 0. The smallest absolute Gasteiger partial charge is 0.407 e. The van der Waals surface area contributed by atoms with Crippen molar-refractivity contribution >= 4 is 18.0 Å². The minimum atomic E-state index is -1.28. The van der Waals surface area contributed by atoms with Crippen LogP contribution in [0.1, 0.15) is 6.42 Å². The number of rotatable bonds is 2. The topological polar surface area (TPSA) is 115 Å². The summed E-state index contributed by atoms with van der Waals surface area (Å²) in [5.41, 5.74) is 0. The molecule has 0 aromatic carbocycles. The summed E-state index contributed by atoms with van der Waals surface area (Å²) in [4.78, 5) is 32.8. The van der Waals surface area contributed by atoms with Gasteiger partial charge in [-0.2, -0.15) is 0 Å². The predicted molar refractivity (Wildman–Crippen MR) is 46.5 cm³/mol. The van der Waals surface area contributed by atoms with E-state index in [1.54, 1.807) is 0 Å². The third-order valence-electron chi connectivity index (χ3n) is 2.42. The molecule has 15 heavy (non-hydrogen) atoms. The first-order valence-corrected chi connectivity index (χ1v) is 4.35. The minimum Gasteiger partial charge on any atom is -0.481 e. The van der Waals surface area contributed by atoms with Gasteiger partial charge in [0.25, 0.3) is 0 Å². The molecule has 1 aliphatic heterocycles.